The first-order valence-corrected chi connectivity index (χ1v) is 8.85. The number of piperazine rings is 1. The molecule has 2 heterocycles. The average Bonchev–Trinajstić information content (AvgIpc) is 2.52. The predicted molar refractivity (Wildman–Crippen MR) is 99.3 cm³/mol. The quantitative estimate of drug-likeness (QED) is 0.851. The zero-order valence-electron chi connectivity index (χ0n) is 16.0. The number of hydrogen-bond donors (Lipinski definition) is 1. The summed E-state index contributed by atoms with van der Waals surface area (Å²) in [7, 11) is 0. The molecule has 1 saturated heterocycles. The van der Waals surface area contributed by atoms with E-state index < -0.39 is 17.4 Å². The number of carbonyl (C=O) groups is 2. The van der Waals surface area contributed by atoms with Crippen LogP contribution in [0.4, 0.5) is 5.82 Å². The summed E-state index contributed by atoms with van der Waals surface area (Å²) in [5.74, 6) is -0.0476. The third-order valence-corrected chi connectivity index (χ3v) is 4.16. The Morgan fingerprint density at radius 2 is 1.72 bits per heavy atom. The minimum atomic E-state index is -0.513. The first-order chi connectivity index (χ1) is 11.6. The van der Waals surface area contributed by atoms with Gasteiger partial charge in [0.1, 0.15) is 5.82 Å². The number of nitrogens with one attached hydrogen (secondary N) is 1. The van der Waals surface area contributed by atoms with Crippen LogP contribution in [0, 0.1) is 5.41 Å². The van der Waals surface area contributed by atoms with Crippen LogP contribution in [-0.2, 0) is 9.59 Å². The number of rotatable bonds is 3. The van der Waals surface area contributed by atoms with Gasteiger partial charge in [-0.3, -0.25) is 9.59 Å². The van der Waals surface area contributed by atoms with Gasteiger partial charge < -0.3 is 15.1 Å². The fraction of sp³-hybridized carbons (Fsp3) is 0.632. The molecule has 0 spiro atoms. The van der Waals surface area contributed by atoms with E-state index in [9.17, 15) is 9.59 Å². The van der Waals surface area contributed by atoms with Crippen molar-refractivity contribution in [3.05, 3.63) is 24.4 Å². The summed E-state index contributed by atoms with van der Waals surface area (Å²) in [6.45, 7) is 12.7. The van der Waals surface area contributed by atoms with Crippen LogP contribution in [0.15, 0.2) is 24.4 Å². The Labute approximate surface area is 150 Å². The molecular formula is C19H30N4O2. The number of carbonyl (C=O) groups excluding carboxylic acids is 2. The van der Waals surface area contributed by atoms with E-state index in [1.54, 1.807) is 11.1 Å². The van der Waals surface area contributed by atoms with Crippen LogP contribution in [0.1, 0.15) is 41.0 Å². The van der Waals surface area contributed by atoms with Crippen molar-refractivity contribution in [3.63, 3.8) is 0 Å². The molecule has 1 fully saturated rings. The molecule has 0 unspecified atom stereocenters. The van der Waals surface area contributed by atoms with E-state index >= 15 is 0 Å². The average molecular weight is 346 g/mol. The van der Waals surface area contributed by atoms with Crippen molar-refractivity contribution in [1.82, 2.24) is 15.2 Å². The van der Waals surface area contributed by atoms with Gasteiger partial charge in [-0.1, -0.05) is 26.8 Å². The highest BCUT2D eigenvalue weighted by Crippen LogP contribution is 2.26. The van der Waals surface area contributed by atoms with Crippen molar-refractivity contribution in [3.8, 4) is 0 Å². The molecule has 0 aromatic carbocycles. The zero-order valence-corrected chi connectivity index (χ0v) is 16.0. The summed E-state index contributed by atoms with van der Waals surface area (Å²) < 4.78 is 0. The van der Waals surface area contributed by atoms with Crippen molar-refractivity contribution in [2.75, 3.05) is 31.1 Å². The number of aromatic nitrogens is 1. The summed E-state index contributed by atoms with van der Waals surface area (Å²) in [4.78, 5) is 32.9. The molecule has 0 saturated carbocycles. The summed E-state index contributed by atoms with van der Waals surface area (Å²) in [6.07, 6.45) is 2.56. The highest BCUT2D eigenvalue weighted by atomic mass is 16.2. The van der Waals surface area contributed by atoms with Gasteiger partial charge in [0.2, 0.25) is 0 Å². The molecule has 0 bridgehead atoms. The second kappa shape index (κ2) is 7.42. The molecule has 1 aromatic rings. The van der Waals surface area contributed by atoms with Gasteiger partial charge in [-0.2, -0.15) is 0 Å². The highest BCUT2D eigenvalue weighted by Gasteiger charge is 2.32. The Hall–Kier alpha value is -2.11. The number of hydrogen-bond acceptors (Lipinski definition) is 4. The molecule has 138 valence electrons. The standard InChI is InChI=1S/C19H30N4O2/c1-18(2,3)14-19(4,5)21-16(24)17(25)23-12-10-22(11-13-23)15-8-6-7-9-20-15/h6-9H,10-14H2,1-5H3,(H,21,24). The van der Waals surface area contributed by atoms with Crippen molar-refractivity contribution in [1.29, 1.82) is 0 Å². The molecule has 1 aromatic heterocycles. The van der Waals surface area contributed by atoms with E-state index in [1.807, 2.05) is 32.0 Å². The summed E-state index contributed by atoms with van der Waals surface area (Å²) >= 11 is 0. The third kappa shape index (κ3) is 5.73. The molecule has 0 atom stereocenters. The Bertz CT molecular complexity index is 600. The van der Waals surface area contributed by atoms with Crippen LogP contribution >= 0.6 is 0 Å². The molecule has 1 aliphatic rings. The molecule has 1 aliphatic heterocycles. The first kappa shape index (κ1) is 19.2. The lowest BCUT2D eigenvalue weighted by Gasteiger charge is -2.36. The lowest BCUT2D eigenvalue weighted by molar-refractivity contribution is -0.147. The normalized spacial score (nSPS) is 15.9. The fourth-order valence-electron chi connectivity index (χ4n) is 3.55. The van der Waals surface area contributed by atoms with E-state index in [0.717, 1.165) is 12.2 Å². The summed E-state index contributed by atoms with van der Waals surface area (Å²) in [6, 6.07) is 5.79. The van der Waals surface area contributed by atoms with Crippen molar-refractivity contribution < 1.29 is 9.59 Å². The monoisotopic (exact) mass is 346 g/mol. The lowest BCUT2D eigenvalue weighted by atomic mass is 9.82. The first-order valence-electron chi connectivity index (χ1n) is 8.85. The summed E-state index contributed by atoms with van der Waals surface area (Å²) in [5, 5.41) is 2.90. The molecule has 6 nitrogen and oxygen atoms in total. The minimum absolute atomic E-state index is 0.0775. The molecule has 1 N–H and O–H groups in total. The fourth-order valence-corrected chi connectivity index (χ4v) is 3.55. The van der Waals surface area contributed by atoms with Crippen LogP contribution in [0.25, 0.3) is 0 Å². The Balaban J connectivity index is 1.88. The van der Waals surface area contributed by atoms with Crippen molar-refractivity contribution in [2.45, 2.75) is 46.6 Å². The van der Waals surface area contributed by atoms with Crippen LogP contribution in [0.3, 0.4) is 0 Å². The van der Waals surface area contributed by atoms with Crippen LogP contribution in [0.5, 0.6) is 0 Å². The number of anilines is 1. The topological polar surface area (TPSA) is 65.5 Å². The summed E-state index contributed by atoms with van der Waals surface area (Å²) in [5.41, 5.74) is -0.338. The van der Waals surface area contributed by atoms with E-state index in [1.165, 1.54) is 0 Å². The Morgan fingerprint density at radius 3 is 2.24 bits per heavy atom. The third-order valence-electron chi connectivity index (χ3n) is 4.16. The molecule has 2 amide bonds. The molecule has 25 heavy (non-hydrogen) atoms. The second-order valence-electron chi connectivity index (χ2n) is 8.54. The van der Waals surface area contributed by atoms with Crippen molar-refractivity contribution >= 4 is 17.6 Å². The van der Waals surface area contributed by atoms with Gasteiger partial charge in [-0.15, -0.1) is 0 Å². The molecular weight excluding hydrogens is 316 g/mol. The van der Waals surface area contributed by atoms with Crippen LogP contribution < -0.4 is 10.2 Å². The molecule has 0 aliphatic carbocycles. The molecule has 2 rings (SSSR count). The lowest BCUT2D eigenvalue weighted by Crippen LogP contribution is -2.56. The van der Waals surface area contributed by atoms with Gasteiger partial charge in [0.05, 0.1) is 0 Å². The second-order valence-corrected chi connectivity index (χ2v) is 8.54. The Kier molecular flexibility index (Phi) is 5.70. The number of pyridine rings is 1. The molecule has 6 heteroatoms. The van der Waals surface area contributed by atoms with E-state index in [2.05, 4.69) is 36.0 Å². The maximum Gasteiger partial charge on any atom is 0.312 e. The van der Waals surface area contributed by atoms with Gasteiger partial charge in [-0.25, -0.2) is 4.98 Å². The van der Waals surface area contributed by atoms with Gasteiger partial charge in [0, 0.05) is 37.9 Å². The zero-order chi connectivity index (χ0) is 18.7. The van der Waals surface area contributed by atoms with Crippen LogP contribution in [-0.4, -0.2) is 53.4 Å². The smallest absolute Gasteiger partial charge is 0.312 e. The number of amides is 2. The highest BCUT2D eigenvalue weighted by molar-refractivity contribution is 6.35. The SMILES string of the molecule is CC(C)(C)CC(C)(C)NC(=O)C(=O)N1CCN(c2ccccn2)CC1. The van der Waals surface area contributed by atoms with E-state index in [0.29, 0.717) is 26.2 Å². The largest absolute Gasteiger partial charge is 0.353 e. The number of nitrogens with zero attached hydrogens (tertiary/aromatic N) is 3. The van der Waals surface area contributed by atoms with Gasteiger partial charge in [0.25, 0.3) is 0 Å². The minimum Gasteiger partial charge on any atom is -0.353 e. The van der Waals surface area contributed by atoms with Crippen molar-refractivity contribution in [2.24, 2.45) is 5.41 Å². The maximum atomic E-state index is 12.5. The van der Waals surface area contributed by atoms with E-state index in [4.69, 9.17) is 0 Å². The molecule has 0 radical (unpaired) electrons. The van der Waals surface area contributed by atoms with Crippen LogP contribution in [0.2, 0.25) is 0 Å². The predicted octanol–water partition coefficient (Wildman–Crippen LogP) is 2.06. The van der Waals surface area contributed by atoms with Gasteiger partial charge >= 0.3 is 11.8 Å². The van der Waals surface area contributed by atoms with Gasteiger partial charge in [-0.05, 0) is 37.8 Å². The van der Waals surface area contributed by atoms with E-state index in [-0.39, 0.29) is 5.41 Å². The van der Waals surface area contributed by atoms with Gasteiger partial charge in [0.15, 0.2) is 0 Å². The Morgan fingerprint density at radius 1 is 1.08 bits per heavy atom. The maximum absolute atomic E-state index is 12.5.